The fraction of sp³-hybridized carbons (Fsp3) is 0.357. The monoisotopic (exact) mass is 307 g/mol. The first-order valence-electron chi connectivity index (χ1n) is 6.40. The number of amidine groups is 1. The average Bonchev–Trinajstić information content (AvgIpc) is 2.76. The van der Waals surface area contributed by atoms with E-state index in [0.717, 1.165) is 5.75 Å². The average molecular weight is 307 g/mol. The molecular formula is C14H17N3O3S. The van der Waals surface area contributed by atoms with Gasteiger partial charge in [-0.3, -0.25) is 19.5 Å². The van der Waals surface area contributed by atoms with Crippen LogP contribution in [0.2, 0.25) is 0 Å². The van der Waals surface area contributed by atoms with Crippen LogP contribution >= 0.6 is 11.8 Å². The maximum absolute atomic E-state index is 12.0. The highest BCUT2D eigenvalue weighted by Crippen LogP contribution is 2.28. The zero-order chi connectivity index (χ0) is 15.4. The van der Waals surface area contributed by atoms with Gasteiger partial charge in [0, 0.05) is 26.2 Å². The SMILES string of the molecule is CN=C1SC(CC(=O)Nc2ccc(OC)cc2)C(=O)N1C. The van der Waals surface area contributed by atoms with Crippen LogP contribution in [0.5, 0.6) is 5.75 Å². The predicted molar refractivity (Wildman–Crippen MR) is 83.7 cm³/mol. The molecule has 2 rings (SSSR count). The molecule has 21 heavy (non-hydrogen) atoms. The Bertz CT molecular complexity index is 571. The van der Waals surface area contributed by atoms with Crippen molar-refractivity contribution in [2.24, 2.45) is 4.99 Å². The number of benzene rings is 1. The van der Waals surface area contributed by atoms with E-state index in [0.29, 0.717) is 10.9 Å². The lowest BCUT2D eigenvalue weighted by Gasteiger charge is -2.09. The van der Waals surface area contributed by atoms with Gasteiger partial charge in [-0.05, 0) is 24.3 Å². The lowest BCUT2D eigenvalue weighted by atomic mass is 10.2. The van der Waals surface area contributed by atoms with Crippen LogP contribution in [0.1, 0.15) is 6.42 Å². The fourth-order valence-corrected chi connectivity index (χ4v) is 3.06. The Morgan fingerprint density at radius 2 is 2.10 bits per heavy atom. The molecule has 0 aliphatic carbocycles. The van der Waals surface area contributed by atoms with Crippen LogP contribution in [0.4, 0.5) is 5.69 Å². The number of anilines is 1. The van der Waals surface area contributed by atoms with Gasteiger partial charge >= 0.3 is 0 Å². The Kier molecular flexibility index (Phi) is 4.85. The fourth-order valence-electron chi connectivity index (χ4n) is 1.95. The summed E-state index contributed by atoms with van der Waals surface area (Å²) in [6, 6.07) is 7.04. The molecule has 1 saturated heterocycles. The van der Waals surface area contributed by atoms with Gasteiger partial charge in [0.2, 0.25) is 11.8 Å². The molecule has 1 aromatic rings. The summed E-state index contributed by atoms with van der Waals surface area (Å²) >= 11 is 1.32. The van der Waals surface area contributed by atoms with E-state index in [9.17, 15) is 9.59 Å². The van der Waals surface area contributed by atoms with Crippen LogP contribution in [-0.4, -0.2) is 48.3 Å². The summed E-state index contributed by atoms with van der Waals surface area (Å²) in [7, 11) is 4.88. The number of ether oxygens (including phenoxy) is 1. The highest BCUT2D eigenvalue weighted by Gasteiger charge is 2.36. The number of thioether (sulfide) groups is 1. The van der Waals surface area contributed by atoms with Gasteiger partial charge < -0.3 is 10.1 Å². The molecule has 6 nitrogen and oxygen atoms in total. The molecule has 0 saturated carbocycles. The minimum Gasteiger partial charge on any atom is -0.497 e. The van der Waals surface area contributed by atoms with Crippen LogP contribution in [0.15, 0.2) is 29.3 Å². The Balaban J connectivity index is 1.94. The lowest BCUT2D eigenvalue weighted by Crippen LogP contribution is -2.30. The molecule has 1 N–H and O–H groups in total. The summed E-state index contributed by atoms with van der Waals surface area (Å²) in [5.74, 6) is 0.433. The van der Waals surface area contributed by atoms with E-state index >= 15 is 0 Å². The van der Waals surface area contributed by atoms with Crippen molar-refractivity contribution in [3.63, 3.8) is 0 Å². The summed E-state index contributed by atoms with van der Waals surface area (Å²) in [5, 5.41) is 3.00. The summed E-state index contributed by atoms with van der Waals surface area (Å²) in [6.45, 7) is 0. The molecule has 0 aromatic heterocycles. The number of amides is 2. The van der Waals surface area contributed by atoms with Crippen molar-refractivity contribution in [1.29, 1.82) is 0 Å². The van der Waals surface area contributed by atoms with Crippen molar-refractivity contribution in [3.8, 4) is 5.75 Å². The van der Waals surface area contributed by atoms with Crippen molar-refractivity contribution >= 4 is 34.4 Å². The Morgan fingerprint density at radius 1 is 1.43 bits per heavy atom. The summed E-state index contributed by atoms with van der Waals surface area (Å²) in [6.07, 6.45) is 0.124. The summed E-state index contributed by atoms with van der Waals surface area (Å²) in [4.78, 5) is 29.5. The molecule has 112 valence electrons. The molecule has 1 atom stereocenters. The lowest BCUT2D eigenvalue weighted by molar-refractivity contribution is -0.127. The standard InChI is InChI=1S/C14H17N3O3S/c1-15-14-17(2)13(19)11(21-14)8-12(18)16-9-4-6-10(20-3)7-5-9/h4-7,11H,8H2,1-3H3,(H,16,18). The zero-order valence-corrected chi connectivity index (χ0v) is 12.9. The second kappa shape index (κ2) is 6.62. The van der Waals surface area contributed by atoms with Crippen LogP contribution in [0.25, 0.3) is 0 Å². The first-order valence-corrected chi connectivity index (χ1v) is 7.28. The van der Waals surface area contributed by atoms with E-state index in [1.54, 1.807) is 45.5 Å². The van der Waals surface area contributed by atoms with Gasteiger partial charge in [0.15, 0.2) is 5.17 Å². The van der Waals surface area contributed by atoms with E-state index in [2.05, 4.69) is 10.3 Å². The van der Waals surface area contributed by atoms with Crippen LogP contribution < -0.4 is 10.1 Å². The van der Waals surface area contributed by atoms with Gasteiger partial charge in [-0.2, -0.15) is 0 Å². The smallest absolute Gasteiger partial charge is 0.242 e. The van der Waals surface area contributed by atoms with E-state index in [1.165, 1.54) is 16.7 Å². The number of aliphatic imine (C=N–C) groups is 1. The normalized spacial score (nSPS) is 20.0. The second-order valence-electron chi connectivity index (χ2n) is 4.49. The Hall–Kier alpha value is -2.02. The summed E-state index contributed by atoms with van der Waals surface area (Å²) < 4.78 is 5.05. The molecule has 7 heteroatoms. The Morgan fingerprint density at radius 3 is 2.62 bits per heavy atom. The van der Waals surface area contributed by atoms with Gasteiger partial charge in [0.05, 0.1) is 7.11 Å². The number of methoxy groups -OCH3 is 1. The number of nitrogens with one attached hydrogen (secondary N) is 1. The highest BCUT2D eigenvalue weighted by atomic mass is 32.2. The maximum atomic E-state index is 12.0. The van der Waals surface area contributed by atoms with Gasteiger partial charge in [-0.1, -0.05) is 11.8 Å². The van der Waals surface area contributed by atoms with Crippen molar-refractivity contribution in [3.05, 3.63) is 24.3 Å². The second-order valence-corrected chi connectivity index (χ2v) is 5.66. The molecule has 0 spiro atoms. The Labute approximate surface area is 127 Å². The third kappa shape index (κ3) is 3.55. The van der Waals surface area contributed by atoms with Crippen molar-refractivity contribution in [1.82, 2.24) is 4.90 Å². The van der Waals surface area contributed by atoms with Gasteiger partial charge in [0.25, 0.3) is 0 Å². The quantitative estimate of drug-likeness (QED) is 0.917. The van der Waals surface area contributed by atoms with Gasteiger partial charge in [-0.15, -0.1) is 0 Å². The van der Waals surface area contributed by atoms with Crippen LogP contribution in [-0.2, 0) is 9.59 Å². The largest absolute Gasteiger partial charge is 0.497 e. The number of hydrogen-bond donors (Lipinski definition) is 1. The first-order chi connectivity index (χ1) is 10.0. The number of nitrogens with zero attached hydrogens (tertiary/aromatic N) is 2. The van der Waals surface area contributed by atoms with E-state index in [4.69, 9.17) is 4.74 Å². The minimum atomic E-state index is -0.410. The molecule has 1 heterocycles. The topological polar surface area (TPSA) is 71.0 Å². The van der Waals surface area contributed by atoms with Crippen molar-refractivity contribution < 1.29 is 14.3 Å². The van der Waals surface area contributed by atoms with Crippen molar-refractivity contribution in [2.75, 3.05) is 26.5 Å². The molecule has 1 aliphatic rings. The maximum Gasteiger partial charge on any atom is 0.242 e. The number of rotatable bonds is 4. The molecule has 1 fully saturated rings. The first kappa shape index (κ1) is 15.4. The molecule has 0 bridgehead atoms. The number of carbonyl (C=O) groups is 2. The summed E-state index contributed by atoms with van der Waals surface area (Å²) in [5.41, 5.74) is 0.675. The number of hydrogen-bond acceptors (Lipinski definition) is 5. The minimum absolute atomic E-state index is 0.0921. The third-order valence-corrected chi connectivity index (χ3v) is 4.40. The molecule has 0 radical (unpaired) electrons. The third-order valence-electron chi connectivity index (χ3n) is 3.08. The molecule has 1 unspecified atom stereocenters. The van der Waals surface area contributed by atoms with Crippen LogP contribution in [0, 0.1) is 0 Å². The predicted octanol–water partition coefficient (Wildman–Crippen LogP) is 1.58. The zero-order valence-electron chi connectivity index (χ0n) is 12.1. The highest BCUT2D eigenvalue weighted by molar-refractivity contribution is 8.15. The molecule has 1 aliphatic heterocycles. The molecular weight excluding hydrogens is 290 g/mol. The van der Waals surface area contributed by atoms with Gasteiger partial charge in [-0.25, -0.2) is 0 Å². The van der Waals surface area contributed by atoms with E-state index < -0.39 is 5.25 Å². The number of carbonyl (C=O) groups excluding carboxylic acids is 2. The van der Waals surface area contributed by atoms with Crippen molar-refractivity contribution in [2.45, 2.75) is 11.7 Å². The molecule has 1 aromatic carbocycles. The van der Waals surface area contributed by atoms with E-state index in [-0.39, 0.29) is 18.2 Å². The van der Waals surface area contributed by atoms with E-state index in [1.807, 2.05) is 0 Å². The van der Waals surface area contributed by atoms with Gasteiger partial charge in [0.1, 0.15) is 11.0 Å². The molecule has 2 amide bonds. The van der Waals surface area contributed by atoms with Crippen LogP contribution in [0.3, 0.4) is 0 Å².